The molecule has 0 unspecified atom stereocenters. The fourth-order valence-electron chi connectivity index (χ4n) is 3.53. The zero-order chi connectivity index (χ0) is 19.0. The summed E-state index contributed by atoms with van der Waals surface area (Å²) < 4.78 is 3.46. The van der Waals surface area contributed by atoms with Gasteiger partial charge in [-0.25, -0.2) is 4.52 Å². The van der Waals surface area contributed by atoms with Crippen molar-refractivity contribution in [3.63, 3.8) is 0 Å². The van der Waals surface area contributed by atoms with Crippen molar-refractivity contribution in [2.24, 2.45) is 0 Å². The number of amides is 1. The van der Waals surface area contributed by atoms with Crippen LogP contribution in [0.15, 0.2) is 35.3 Å². The molecule has 2 aromatic heterocycles. The van der Waals surface area contributed by atoms with Crippen molar-refractivity contribution in [2.45, 2.75) is 19.4 Å². The fourth-order valence-corrected chi connectivity index (χ4v) is 3.53. The molecule has 136 valence electrons. The average molecular weight is 361 g/mol. The molecule has 3 aromatic rings. The second kappa shape index (κ2) is 6.74. The summed E-state index contributed by atoms with van der Waals surface area (Å²) >= 11 is 0. The first-order valence-electron chi connectivity index (χ1n) is 8.75. The minimum Gasteiger partial charge on any atom is -0.355 e. The summed E-state index contributed by atoms with van der Waals surface area (Å²) in [7, 11) is 1.58. The minimum absolute atomic E-state index is 0.0644. The third-order valence-corrected chi connectivity index (χ3v) is 4.85. The van der Waals surface area contributed by atoms with Crippen molar-refractivity contribution in [1.82, 2.24) is 24.8 Å². The summed E-state index contributed by atoms with van der Waals surface area (Å²) in [5.41, 5.74) is 4.27. The van der Waals surface area contributed by atoms with E-state index >= 15 is 0 Å². The summed E-state index contributed by atoms with van der Waals surface area (Å²) in [4.78, 5) is 25.1. The van der Waals surface area contributed by atoms with Crippen LogP contribution in [-0.4, -0.2) is 33.7 Å². The van der Waals surface area contributed by atoms with Crippen LogP contribution in [0.1, 0.15) is 27.2 Å². The average Bonchev–Trinajstić information content (AvgIpc) is 3.12. The van der Waals surface area contributed by atoms with Crippen molar-refractivity contribution >= 4 is 11.6 Å². The lowest BCUT2D eigenvalue weighted by atomic mass is 10.1. The Kier molecular flexibility index (Phi) is 4.26. The first-order chi connectivity index (χ1) is 13.2. The van der Waals surface area contributed by atoms with Crippen molar-refractivity contribution in [1.29, 1.82) is 0 Å². The quantitative estimate of drug-likeness (QED) is 0.672. The zero-order valence-electron chi connectivity index (χ0n) is 15.0. The standard InChI is InChI=1S/C20H19N5O2/c1-3-4-14-11-23-25-17-12-22-10-9-16(17)20(27)24(19(14)25)15-7-5-13(6-8-15)18(26)21-2/h1,5-8,11,22H,4,9-10,12H2,2H3,(H,21,26). The molecule has 0 aliphatic carbocycles. The number of hydrogen-bond acceptors (Lipinski definition) is 4. The molecular formula is C20H19N5O2. The van der Waals surface area contributed by atoms with E-state index < -0.39 is 0 Å². The van der Waals surface area contributed by atoms with Crippen LogP contribution in [0.3, 0.4) is 0 Å². The van der Waals surface area contributed by atoms with Gasteiger partial charge in [0.15, 0.2) is 0 Å². The maximum atomic E-state index is 13.3. The number of terminal acetylenes is 1. The number of carbonyl (C=O) groups excluding carboxylic acids is 1. The Morgan fingerprint density at radius 2 is 2.15 bits per heavy atom. The SMILES string of the molecule is C#CCc1cnn2c3c(c(=O)n(-c4ccc(C(=O)NC)cc4)c12)CCNC3. The van der Waals surface area contributed by atoms with Gasteiger partial charge in [-0.05, 0) is 37.2 Å². The monoisotopic (exact) mass is 361 g/mol. The molecule has 0 spiro atoms. The van der Waals surface area contributed by atoms with Gasteiger partial charge in [0.1, 0.15) is 5.65 Å². The molecule has 0 radical (unpaired) electrons. The molecule has 3 heterocycles. The number of carbonyl (C=O) groups is 1. The van der Waals surface area contributed by atoms with Crippen molar-refractivity contribution in [3.05, 3.63) is 63.2 Å². The molecule has 1 amide bonds. The first-order valence-corrected chi connectivity index (χ1v) is 8.75. The molecule has 2 N–H and O–H groups in total. The van der Waals surface area contributed by atoms with E-state index in [4.69, 9.17) is 6.42 Å². The van der Waals surface area contributed by atoms with E-state index in [9.17, 15) is 9.59 Å². The lowest BCUT2D eigenvalue weighted by Gasteiger charge is -2.21. The summed E-state index contributed by atoms with van der Waals surface area (Å²) in [6, 6.07) is 6.95. The number of fused-ring (bicyclic) bond motifs is 3. The van der Waals surface area contributed by atoms with Crippen LogP contribution in [0.2, 0.25) is 0 Å². The predicted molar refractivity (Wildman–Crippen MR) is 102 cm³/mol. The molecule has 0 bridgehead atoms. The molecule has 7 nitrogen and oxygen atoms in total. The second-order valence-corrected chi connectivity index (χ2v) is 6.40. The Balaban J connectivity index is 2.00. The van der Waals surface area contributed by atoms with E-state index in [1.165, 1.54) is 0 Å². The largest absolute Gasteiger partial charge is 0.355 e. The highest BCUT2D eigenvalue weighted by atomic mass is 16.1. The predicted octanol–water partition coefficient (Wildman–Crippen LogP) is 0.666. The van der Waals surface area contributed by atoms with Gasteiger partial charge in [-0.3, -0.25) is 14.2 Å². The number of nitrogens with one attached hydrogen (secondary N) is 2. The molecule has 7 heteroatoms. The van der Waals surface area contributed by atoms with Crippen LogP contribution in [0.4, 0.5) is 0 Å². The Hall–Kier alpha value is -3.37. The maximum absolute atomic E-state index is 13.3. The Morgan fingerprint density at radius 1 is 1.37 bits per heavy atom. The summed E-state index contributed by atoms with van der Waals surface area (Å²) in [5.74, 6) is 2.46. The van der Waals surface area contributed by atoms with E-state index in [2.05, 4.69) is 21.7 Å². The minimum atomic E-state index is -0.173. The molecule has 1 aromatic carbocycles. The van der Waals surface area contributed by atoms with Crippen molar-refractivity contribution in [3.8, 4) is 18.0 Å². The Labute approximate surface area is 156 Å². The third-order valence-electron chi connectivity index (χ3n) is 4.85. The summed E-state index contributed by atoms with van der Waals surface area (Å²) in [6.07, 6.45) is 8.26. The van der Waals surface area contributed by atoms with Gasteiger partial charge in [-0.1, -0.05) is 0 Å². The smallest absolute Gasteiger partial charge is 0.261 e. The second-order valence-electron chi connectivity index (χ2n) is 6.40. The number of benzene rings is 1. The highest BCUT2D eigenvalue weighted by Gasteiger charge is 2.23. The Bertz CT molecular complexity index is 1130. The van der Waals surface area contributed by atoms with Crippen LogP contribution in [0.5, 0.6) is 0 Å². The molecule has 0 fully saturated rings. The molecule has 0 saturated carbocycles. The zero-order valence-corrected chi connectivity index (χ0v) is 15.0. The number of aromatic nitrogens is 3. The van der Waals surface area contributed by atoms with Gasteiger partial charge in [0.25, 0.3) is 11.5 Å². The normalized spacial score (nSPS) is 13.2. The van der Waals surface area contributed by atoms with Gasteiger partial charge >= 0.3 is 0 Å². The van der Waals surface area contributed by atoms with Gasteiger partial charge < -0.3 is 10.6 Å². The number of nitrogens with zero attached hydrogens (tertiary/aromatic N) is 3. The van der Waals surface area contributed by atoms with E-state index in [0.717, 1.165) is 23.4 Å². The first kappa shape index (κ1) is 17.1. The van der Waals surface area contributed by atoms with Crippen molar-refractivity contribution in [2.75, 3.05) is 13.6 Å². The third kappa shape index (κ3) is 2.71. The van der Waals surface area contributed by atoms with Gasteiger partial charge in [0.05, 0.1) is 17.6 Å². The maximum Gasteiger partial charge on any atom is 0.261 e. The molecule has 0 saturated heterocycles. The molecule has 1 aliphatic heterocycles. The van der Waals surface area contributed by atoms with E-state index in [1.54, 1.807) is 42.1 Å². The van der Waals surface area contributed by atoms with E-state index in [0.29, 0.717) is 36.3 Å². The summed E-state index contributed by atoms with van der Waals surface area (Å²) in [6.45, 7) is 1.34. The highest BCUT2D eigenvalue weighted by molar-refractivity contribution is 5.94. The molecular weight excluding hydrogens is 342 g/mol. The van der Waals surface area contributed by atoms with Crippen LogP contribution in [0.25, 0.3) is 11.3 Å². The van der Waals surface area contributed by atoms with Crippen LogP contribution >= 0.6 is 0 Å². The van der Waals surface area contributed by atoms with Crippen LogP contribution in [-0.2, 0) is 19.4 Å². The highest BCUT2D eigenvalue weighted by Crippen LogP contribution is 2.20. The lowest BCUT2D eigenvalue weighted by molar-refractivity contribution is 0.0963. The molecule has 4 rings (SSSR count). The number of hydrogen-bond donors (Lipinski definition) is 2. The fraction of sp³-hybridized carbons (Fsp3) is 0.250. The van der Waals surface area contributed by atoms with Gasteiger partial charge in [-0.15, -0.1) is 12.3 Å². The van der Waals surface area contributed by atoms with E-state index in [-0.39, 0.29) is 11.5 Å². The molecule has 27 heavy (non-hydrogen) atoms. The van der Waals surface area contributed by atoms with Crippen LogP contribution in [0, 0.1) is 12.3 Å². The van der Waals surface area contributed by atoms with Gasteiger partial charge in [0.2, 0.25) is 0 Å². The Morgan fingerprint density at radius 3 is 2.85 bits per heavy atom. The van der Waals surface area contributed by atoms with Gasteiger partial charge in [-0.2, -0.15) is 5.10 Å². The molecule has 1 aliphatic rings. The van der Waals surface area contributed by atoms with Crippen molar-refractivity contribution < 1.29 is 4.79 Å². The molecule has 0 atom stereocenters. The van der Waals surface area contributed by atoms with Gasteiger partial charge in [0, 0.05) is 36.7 Å². The lowest BCUT2D eigenvalue weighted by Crippen LogP contribution is -2.35. The van der Waals surface area contributed by atoms with E-state index in [1.807, 2.05) is 4.52 Å². The van der Waals surface area contributed by atoms with Crippen LogP contribution < -0.4 is 16.2 Å². The number of rotatable bonds is 3. The topological polar surface area (TPSA) is 80.4 Å². The summed E-state index contributed by atoms with van der Waals surface area (Å²) in [5, 5.41) is 10.4.